The standard InChI is InChI=1S/C9H12N2O4/c1-11-5-7(4-10-11)3-9(6-12,15-2)8(13)14/h4-6H,3H2,1-2H3,(H,13,14). The van der Waals surface area contributed by atoms with E-state index in [4.69, 9.17) is 9.84 Å². The first-order valence-electron chi connectivity index (χ1n) is 4.26. The Morgan fingerprint density at radius 1 is 1.80 bits per heavy atom. The minimum absolute atomic E-state index is 0.0316. The number of methoxy groups -OCH3 is 1. The van der Waals surface area contributed by atoms with Gasteiger partial charge < -0.3 is 9.84 Å². The molecule has 1 N–H and O–H groups in total. The molecule has 0 aliphatic rings. The molecule has 1 unspecified atom stereocenters. The molecule has 1 rings (SSSR count). The lowest BCUT2D eigenvalue weighted by Crippen LogP contribution is -2.44. The zero-order valence-electron chi connectivity index (χ0n) is 8.51. The van der Waals surface area contributed by atoms with E-state index in [0.29, 0.717) is 11.8 Å². The summed E-state index contributed by atoms with van der Waals surface area (Å²) in [5.74, 6) is -1.30. The number of carboxylic acids is 1. The number of carboxylic acid groups (broad SMARTS) is 1. The minimum atomic E-state index is -1.82. The Morgan fingerprint density at radius 3 is 2.80 bits per heavy atom. The van der Waals surface area contributed by atoms with E-state index in [0.717, 1.165) is 0 Å². The van der Waals surface area contributed by atoms with Crippen molar-refractivity contribution in [1.82, 2.24) is 9.78 Å². The van der Waals surface area contributed by atoms with Crippen molar-refractivity contribution in [2.24, 2.45) is 7.05 Å². The SMILES string of the molecule is COC(C=O)(Cc1cnn(C)c1)C(=O)O. The number of aromatic nitrogens is 2. The van der Waals surface area contributed by atoms with E-state index in [1.54, 1.807) is 13.2 Å². The lowest BCUT2D eigenvalue weighted by atomic mass is 9.98. The molecule has 0 aliphatic carbocycles. The normalized spacial score (nSPS) is 14.5. The van der Waals surface area contributed by atoms with Gasteiger partial charge in [-0.15, -0.1) is 0 Å². The minimum Gasteiger partial charge on any atom is -0.479 e. The number of aliphatic carboxylic acids is 1. The number of ether oxygens (including phenoxy) is 1. The van der Waals surface area contributed by atoms with Crippen molar-refractivity contribution < 1.29 is 19.4 Å². The maximum atomic E-state index is 10.9. The fourth-order valence-electron chi connectivity index (χ4n) is 1.24. The molecule has 1 atom stereocenters. The molecule has 1 aromatic heterocycles. The third-order valence-corrected chi connectivity index (χ3v) is 2.14. The van der Waals surface area contributed by atoms with Gasteiger partial charge in [0.1, 0.15) is 0 Å². The van der Waals surface area contributed by atoms with Crippen LogP contribution in [0.2, 0.25) is 0 Å². The molecule has 0 radical (unpaired) electrons. The Hall–Kier alpha value is -1.69. The van der Waals surface area contributed by atoms with Crippen LogP contribution in [0.25, 0.3) is 0 Å². The molecule has 0 aliphatic heterocycles. The lowest BCUT2D eigenvalue weighted by molar-refractivity contribution is -0.163. The van der Waals surface area contributed by atoms with Crippen molar-refractivity contribution in [3.8, 4) is 0 Å². The molecule has 0 amide bonds. The Labute approximate surface area is 86.5 Å². The number of nitrogens with zero attached hydrogens (tertiary/aromatic N) is 2. The second kappa shape index (κ2) is 4.22. The third-order valence-electron chi connectivity index (χ3n) is 2.14. The van der Waals surface area contributed by atoms with Crippen LogP contribution in [-0.4, -0.2) is 39.9 Å². The van der Waals surface area contributed by atoms with Crippen molar-refractivity contribution in [2.45, 2.75) is 12.0 Å². The van der Waals surface area contributed by atoms with Crippen LogP contribution >= 0.6 is 0 Å². The lowest BCUT2D eigenvalue weighted by Gasteiger charge is -2.20. The summed E-state index contributed by atoms with van der Waals surface area (Å²) in [7, 11) is 2.90. The molecular weight excluding hydrogens is 200 g/mol. The van der Waals surface area contributed by atoms with Crippen LogP contribution in [0.1, 0.15) is 5.56 Å². The van der Waals surface area contributed by atoms with E-state index in [1.807, 2.05) is 0 Å². The summed E-state index contributed by atoms with van der Waals surface area (Å²) in [4.78, 5) is 21.7. The molecule has 0 bridgehead atoms. The van der Waals surface area contributed by atoms with Crippen molar-refractivity contribution in [3.63, 3.8) is 0 Å². The number of aldehydes is 1. The quantitative estimate of drug-likeness (QED) is 0.532. The van der Waals surface area contributed by atoms with Gasteiger partial charge in [-0.05, 0) is 5.56 Å². The highest BCUT2D eigenvalue weighted by Gasteiger charge is 2.39. The van der Waals surface area contributed by atoms with E-state index in [9.17, 15) is 9.59 Å². The molecule has 15 heavy (non-hydrogen) atoms. The van der Waals surface area contributed by atoms with Gasteiger partial charge in [-0.3, -0.25) is 9.48 Å². The molecule has 82 valence electrons. The Morgan fingerprint density at radius 2 is 2.47 bits per heavy atom. The summed E-state index contributed by atoms with van der Waals surface area (Å²) in [6.07, 6.45) is 3.40. The topological polar surface area (TPSA) is 81.4 Å². The molecule has 1 aromatic rings. The first kappa shape index (κ1) is 11.4. The maximum Gasteiger partial charge on any atom is 0.343 e. The molecule has 0 fully saturated rings. The van der Waals surface area contributed by atoms with E-state index in [1.165, 1.54) is 18.0 Å². The number of hydrogen-bond donors (Lipinski definition) is 1. The zero-order valence-corrected chi connectivity index (χ0v) is 8.51. The van der Waals surface area contributed by atoms with Crippen LogP contribution in [0.15, 0.2) is 12.4 Å². The molecule has 1 heterocycles. The summed E-state index contributed by atoms with van der Waals surface area (Å²) in [5.41, 5.74) is -1.18. The van der Waals surface area contributed by atoms with Gasteiger partial charge in [0.15, 0.2) is 6.29 Å². The van der Waals surface area contributed by atoms with E-state index in [2.05, 4.69) is 5.10 Å². The Kier molecular flexibility index (Phi) is 3.21. The molecule has 0 saturated carbocycles. The molecule has 0 aromatic carbocycles. The number of hydrogen-bond acceptors (Lipinski definition) is 4. The van der Waals surface area contributed by atoms with E-state index in [-0.39, 0.29) is 6.42 Å². The average Bonchev–Trinajstić information content (AvgIpc) is 2.60. The van der Waals surface area contributed by atoms with Gasteiger partial charge in [-0.2, -0.15) is 5.10 Å². The smallest absolute Gasteiger partial charge is 0.343 e. The predicted molar refractivity (Wildman–Crippen MR) is 50.4 cm³/mol. The Bertz CT molecular complexity index is 374. The van der Waals surface area contributed by atoms with Crippen LogP contribution in [-0.2, 0) is 27.8 Å². The van der Waals surface area contributed by atoms with Gasteiger partial charge in [-0.1, -0.05) is 0 Å². The van der Waals surface area contributed by atoms with Gasteiger partial charge in [-0.25, -0.2) is 4.79 Å². The fourth-order valence-corrected chi connectivity index (χ4v) is 1.24. The van der Waals surface area contributed by atoms with E-state index < -0.39 is 11.6 Å². The van der Waals surface area contributed by atoms with Crippen LogP contribution in [0.5, 0.6) is 0 Å². The van der Waals surface area contributed by atoms with Crippen LogP contribution in [0, 0.1) is 0 Å². The van der Waals surface area contributed by atoms with Crippen molar-refractivity contribution in [2.75, 3.05) is 7.11 Å². The summed E-state index contributed by atoms with van der Waals surface area (Å²) in [6, 6.07) is 0. The first-order chi connectivity index (χ1) is 7.04. The van der Waals surface area contributed by atoms with Gasteiger partial charge in [0.2, 0.25) is 5.60 Å². The van der Waals surface area contributed by atoms with Gasteiger partial charge in [0.05, 0.1) is 6.20 Å². The summed E-state index contributed by atoms with van der Waals surface area (Å²) >= 11 is 0. The average molecular weight is 212 g/mol. The molecule has 0 spiro atoms. The predicted octanol–water partition coefficient (Wildman–Crippen LogP) is -0.369. The highest BCUT2D eigenvalue weighted by Crippen LogP contribution is 2.15. The van der Waals surface area contributed by atoms with Crippen LogP contribution < -0.4 is 0 Å². The molecule has 0 saturated heterocycles. The number of carbonyl (C=O) groups excluding carboxylic acids is 1. The Balaban J connectivity index is 2.93. The second-order valence-corrected chi connectivity index (χ2v) is 3.22. The number of aryl methyl sites for hydroxylation is 1. The highest BCUT2D eigenvalue weighted by molar-refractivity contribution is 5.96. The second-order valence-electron chi connectivity index (χ2n) is 3.22. The number of rotatable bonds is 5. The van der Waals surface area contributed by atoms with Crippen molar-refractivity contribution in [3.05, 3.63) is 18.0 Å². The molecule has 6 nitrogen and oxygen atoms in total. The van der Waals surface area contributed by atoms with Crippen LogP contribution in [0.3, 0.4) is 0 Å². The first-order valence-corrected chi connectivity index (χ1v) is 4.26. The fraction of sp³-hybridized carbons (Fsp3) is 0.444. The van der Waals surface area contributed by atoms with Crippen molar-refractivity contribution >= 4 is 12.3 Å². The third kappa shape index (κ3) is 2.21. The van der Waals surface area contributed by atoms with E-state index >= 15 is 0 Å². The summed E-state index contributed by atoms with van der Waals surface area (Å²) < 4.78 is 6.29. The monoisotopic (exact) mass is 212 g/mol. The van der Waals surface area contributed by atoms with Crippen LogP contribution in [0.4, 0.5) is 0 Å². The molecular formula is C9H12N2O4. The highest BCUT2D eigenvalue weighted by atomic mass is 16.5. The van der Waals surface area contributed by atoms with Crippen molar-refractivity contribution in [1.29, 1.82) is 0 Å². The summed E-state index contributed by atoms with van der Waals surface area (Å²) in [6.45, 7) is 0. The van der Waals surface area contributed by atoms with Gasteiger partial charge >= 0.3 is 5.97 Å². The zero-order chi connectivity index (χ0) is 11.5. The largest absolute Gasteiger partial charge is 0.479 e. The van der Waals surface area contributed by atoms with Gasteiger partial charge in [0.25, 0.3) is 0 Å². The maximum absolute atomic E-state index is 10.9. The van der Waals surface area contributed by atoms with Gasteiger partial charge in [0, 0.05) is 26.8 Å². The number of carbonyl (C=O) groups is 2. The molecule has 6 heteroatoms. The summed E-state index contributed by atoms with van der Waals surface area (Å²) in [5, 5.41) is 12.8.